The first-order valence-corrected chi connectivity index (χ1v) is 7.04. The second-order valence-electron chi connectivity index (χ2n) is 4.02. The van der Waals surface area contributed by atoms with Gasteiger partial charge in [0.05, 0.1) is 0 Å². The highest BCUT2D eigenvalue weighted by atomic mass is 35.5. The average molecular weight is 326 g/mol. The van der Waals surface area contributed by atoms with E-state index in [2.05, 4.69) is 5.32 Å². The first-order chi connectivity index (χ1) is 8.77. The van der Waals surface area contributed by atoms with Crippen LogP contribution < -0.4 is 10.5 Å². The topological polar surface area (TPSA) is 92.5 Å². The van der Waals surface area contributed by atoms with Crippen molar-refractivity contribution in [3.05, 3.63) is 29.6 Å². The minimum Gasteiger partial charge on any atom is -0.340 e. The summed E-state index contributed by atoms with van der Waals surface area (Å²) >= 11 is 0. The van der Waals surface area contributed by atoms with Crippen LogP contribution in [0.3, 0.4) is 0 Å². The molecule has 20 heavy (non-hydrogen) atoms. The third-order valence-corrected chi connectivity index (χ3v) is 3.47. The lowest BCUT2D eigenvalue weighted by atomic mass is 10.2. The van der Waals surface area contributed by atoms with Crippen LogP contribution in [0.4, 0.5) is 4.39 Å². The predicted octanol–water partition coefficient (Wildman–Crippen LogP) is 0.186. The van der Waals surface area contributed by atoms with E-state index >= 15 is 0 Å². The lowest BCUT2D eigenvalue weighted by molar-refractivity contribution is 0.0796. The van der Waals surface area contributed by atoms with Gasteiger partial charge in [-0.05, 0) is 25.2 Å². The summed E-state index contributed by atoms with van der Waals surface area (Å²) in [5.41, 5.74) is 0.0727. The quantitative estimate of drug-likeness (QED) is 0.808. The Kier molecular flexibility index (Phi) is 7.07. The Hall–Kier alpha value is -1.22. The van der Waals surface area contributed by atoms with Gasteiger partial charge in [0, 0.05) is 25.7 Å². The zero-order valence-corrected chi connectivity index (χ0v) is 12.7. The second kappa shape index (κ2) is 7.53. The molecule has 0 aromatic heterocycles. The minimum atomic E-state index is -4.12. The molecule has 0 heterocycles. The van der Waals surface area contributed by atoms with Gasteiger partial charge in [0.2, 0.25) is 10.0 Å². The van der Waals surface area contributed by atoms with Crippen LogP contribution in [0, 0.1) is 5.82 Å². The molecule has 0 saturated carbocycles. The van der Waals surface area contributed by atoms with Gasteiger partial charge in [0.25, 0.3) is 5.91 Å². The van der Waals surface area contributed by atoms with E-state index in [0.717, 1.165) is 12.1 Å². The third kappa shape index (κ3) is 4.71. The maximum absolute atomic E-state index is 13.6. The number of rotatable bonds is 5. The van der Waals surface area contributed by atoms with Gasteiger partial charge in [0.15, 0.2) is 0 Å². The molecule has 0 atom stereocenters. The first kappa shape index (κ1) is 18.8. The van der Waals surface area contributed by atoms with Crippen LogP contribution in [0.25, 0.3) is 0 Å². The van der Waals surface area contributed by atoms with Gasteiger partial charge in [-0.15, -0.1) is 12.4 Å². The Morgan fingerprint density at radius 3 is 2.50 bits per heavy atom. The summed E-state index contributed by atoms with van der Waals surface area (Å²) < 4.78 is 35.7. The normalized spacial score (nSPS) is 10.8. The molecule has 0 aliphatic rings. The number of nitrogens with one attached hydrogen (secondary N) is 1. The van der Waals surface area contributed by atoms with Gasteiger partial charge >= 0.3 is 0 Å². The number of carbonyl (C=O) groups is 1. The molecule has 0 saturated heterocycles. The molecule has 0 aliphatic heterocycles. The number of nitrogens with two attached hydrogens (primary N) is 1. The molecule has 0 unspecified atom stereocenters. The van der Waals surface area contributed by atoms with Crippen molar-refractivity contribution in [1.29, 1.82) is 0 Å². The van der Waals surface area contributed by atoms with E-state index in [1.165, 1.54) is 11.0 Å². The highest BCUT2D eigenvalue weighted by molar-refractivity contribution is 7.89. The molecule has 1 amide bonds. The summed E-state index contributed by atoms with van der Waals surface area (Å²) in [4.78, 5) is 12.7. The fourth-order valence-electron chi connectivity index (χ4n) is 1.47. The van der Waals surface area contributed by atoms with Gasteiger partial charge in [0.1, 0.15) is 10.7 Å². The predicted molar refractivity (Wildman–Crippen MR) is 75.9 cm³/mol. The molecule has 0 spiro atoms. The van der Waals surface area contributed by atoms with Crippen molar-refractivity contribution in [3.63, 3.8) is 0 Å². The van der Waals surface area contributed by atoms with Crippen molar-refractivity contribution in [3.8, 4) is 0 Å². The molecule has 0 fully saturated rings. The summed E-state index contributed by atoms with van der Waals surface area (Å²) in [6.45, 7) is 1.05. The van der Waals surface area contributed by atoms with E-state index in [1.807, 2.05) is 0 Å². The second-order valence-corrected chi connectivity index (χ2v) is 5.55. The highest BCUT2D eigenvalue weighted by Gasteiger charge is 2.18. The van der Waals surface area contributed by atoms with Crippen LogP contribution in [0.5, 0.6) is 0 Å². The largest absolute Gasteiger partial charge is 0.340 e. The molecule has 1 aromatic rings. The fourth-order valence-corrected chi connectivity index (χ4v) is 2.05. The van der Waals surface area contributed by atoms with Crippen LogP contribution in [0.15, 0.2) is 23.1 Å². The van der Waals surface area contributed by atoms with Crippen LogP contribution in [0.2, 0.25) is 0 Å². The summed E-state index contributed by atoms with van der Waals surface area (Å²) in [7, 11) is -0.797. The van der Waals surface area contributed by atoms with Crippen LogP contribution in [-0.2, 0) is 10.0 Å². The minimum absolute atomic E-state index is 0. The Morgan fingerprint density at radius 1 is 1.45 bits per heavy atom. The molecule has 0 radical (unpaired) electrons. The van der Waals surface area contributed by atoms with E-state index in [4.69, 9.17) is 5.14 Å². The van der Waals surface area contributed by atoms with Gasteiger partial charge in [-0.1, -0.05) is 0 Å². The molecule has 9 heteroatoms. The summed E-state index contributed by atoms with van der Waals surface area (Å²) in [6, 6.07) is 3.10. The fraction of sp³-hybridized carbons (Fsp3) is 0.364. The lowest BCUT2D eigenvalue weighted by Crippen LogP contribution is -2.32. The average Bonchev–Trinajstić information content (AvgIpc) is 2.33. The lowest BCUT2D eigenvalue weighted by Gasteiger charge is -2.17. The molecule has 1 rings (SSSR count). The number of amides is 1. The number of nitrogens with zero attached hydrogens (tertiary/aromatic N) is 1. The zero-order valence-electron chi connectivity index (χ0n) is 11.1. The Balaban J connectivity index is 0.00000361. The molecule has 0 aliphatic carbocycles. The molecule has 0 bridgehead atoms. The summed E-state index contributed by atoms with van der Waals surface area (Å²) in [5.74, 6) is -1.43. The van der Waals surface area contributed by atoms with Gasteiger partial charge in [-0.25, -0.2) is 17.9 Å². The van der Waals surface area contributed by atoms with Crippen molar-refractivity contribution >= 4 is 28.3 Å². The maximum Gasteiger partial charge on any atom is 0.253 e. The summed E-state index contributed by atoms with van der Waals surface area (Å²) in [6.07, 6.45) is 0. The van der Waals surface area contributed by atoms with E-state index in [9.17, 15) is 17.6 Å². The number of halogens is 2. The molecular weight excluding hydrogens is 309 g/mol. The van der Waals surface area contributed by atoms with Gasteiger partial charge < -0.3 is 10.2 Å². The molecule has 6 nitrogen and oxygen atoms in total. The van der Waals surface area contributed by atoms with Crippen LogP contribution >= 0.6 is 12.4 Å². The van der Waals surface area contributed by atoms with Crippen molar-refractivity contribution in [2.45, 2.75) is 4.90 Å². The van der Waals surface area contributed by atoms with Crippen molar-refractivity contribution < 1.29 is 17.6 Å². The monoisotopic (exact) mass is 325 g/mol. The number of hydrogen-bond acceptors (Lipinski definition) is 4. The third-order valence-electron chi connectivity index (χ3n) is 2.53. The zero-order chi connectivity index (χ0) is 14.6. The van der Waals surface area contributed by atoms with Gasteiger partial charge in [-0.2, -0.15) is 0 Å². The molecule has 3 N–H and O–H groups in total. The number of primary sulfonamides is 1. The highest BCUT2D eigenvalue weighted by Crippen LogP contribution is 2.15. The number of carbonyl (C=O) groups excluding carboxylic acids is 1. The van der Waals surface area contributed by atoms with Crippen molar-refractivity contribution in [1.82, 2.24) is 10.2 Å². The number of sulfonamides is 1. The van der Waals surface area contributed by atoms with Gasteiger partial charge in [-0.3, -0.25) is 4.79 Å². The first-order valence-electron chi connectivity index (χ1n) is 5.49. The van der Waals surface area contributed by atoms with Crippen molar-refractivity contribution in [2.24, 2.45) is 5.14 Å². The van der Waals surface area contributed by atoms with Crippen molar-refractivity contribution in [2.75, 3.05) is 27.2 Å². The van der Waals surface area contributed by atoms with Crippen LogP contribution in [0.1, 0.15) is 10.4 Å². The van der Waals surface area contributed by atoms with E-state index in [-0.39, 0.29) is 18.0 Å². The number of benzene rings is 1. The van der Waals surface area contributed by atoms with E-state index in [0.29, 0.717) is 13.1 Å². The Bertz CT molecular complexity index is 580. The van der Waals surface area contributed by atoms with E-state index in [1.54, 1.807) is 14.1 Å². The smallest absolute Gasteiger partial charge is 0.253 e. The number of likely N-dealkylation sites (N-methyl/N-ethyl adjacent to an activating group) is 2. The Morgan fingerprint density at radius 2 is 2.05 bits per heavy atom. The SMILES string of the molecule is CNCCN(C)C(=O)c1ccc(S(N)(=O)=O)c(F)c1.Cl. The number of hydrogen-bond donors (Lipinski definition) is 2. The molecular formula is C11H17ClFN3O3S. The molecule has 114 valence electrons. The Labute approximate surface area is 123 Å². The summed E-state index contributed by atoms with van der Waals surface area (Å²) in [5, 5.41) is 7.72. The maximum atomic E-state index is 13.6. The van der Waals surface area contributed by atoms with Crippen LogP contribution in [-0.4, -0.2) is 46.4 Å². The standard InChI is InChI=1S/C11H16FN3O3S.ClH/c1-14-5-6-15(2)11(16)8-3-4-10(9(12)7-8)19(13,17)18;/h3-4,7,14H,5-6H2,1-2H3,(H2,13,17,18);1H. The molecule has 1 aromatic carbocycles. The van der Waals surface area contributed by atoms with E-state index < -0.39 is 26.6 Å².